The summed E-state index contributed by atoms with van der Waals surface area (Å²) in [7, 11) is 1.61. The molecule has 0 radical (unpaired) electrons. The molecule has 2 aromatic rings. The molecule has 1 amide bonds. The Hall–Kier alpha value is -2.73. The van der Waals surface area contributed by atoms with Gasteiger partial charge in [-0.15, -0.1) is 0 Å². The Morgan fingerprint density at radius 3 is 2.39 bits per heavy atom. The minimum atomic E-state index is -0.147. The van der Waals surface area contributed by atoms with Crippen LogP contribution in [0.1, 0.15) is 36.2 Å². The van der Waals surface area contributed by atoms with Gasteiger partial charge in [0.1, 0.15) is 12.4 Å². The van der Waals surface area contributed by atoms with Crippen LogP contribution in [-0.2, 0) is 11.3 Å². The molecular formula is C22H29NO5. The fraction of sp³-hybridized carbons (Fsp3) is 0.409. The summed E-state index contributed by atoms with van der Waals surface area (Å²) in [5, 5.41) is 2.91. The van der Waals surface area contributed by atoms with E-state index < -0.39 is 0 Å². The van der Waals surface area contributed by atoms with E-state index in [1.807, 2.05) is 25.1 Å². The number of nitrogens with one attached hydrogen (secondary N) is 1. The lowest BCUT2D eigenvalue weighted by Gasteiger charge is -2.12. The summed E-state index contributed by atoms with van der Waals surface area (Å²) in [5.41, 5.74) is 1.51. The zero-order chi connectivity index (χ0) is 20.2. The lowest BCUT2D eigenvalue weighted by atomic mass is 10.1. The van der Waals surface area contributed by atoms with Crippen molar-refractivity contribution in [1.82, 2.24) is 5.32 Å². The number of hydrogen-bond acceptors (Lipinski definition) is 5. The van der Waals surface area contributed by atoms with Crippen LogP contribution in [0.2, 0.25) is 0 Å². The molecule has 6 nitrogen and oxygen atoms in total. The van der Waals surface area contributed by atoms with Gasteiger partial charge in [0.25, 0.3) is 5.91 Å². The van der Waals surface area contributed by atoms with Crippen molar-refractivity contribution in [3.8, 4) is 17.2 Å². The summed E-state index contributed by atoms with van der Waals surface area (Å²) in [4.78, 5) is 12.4. The molecule has 1 N–H and O–H groups in total. The molecule has 0 atom stereocenters. The van der Waals surface area contributed by atoms with Crippen molar-refractivity contribution in [1.29, 1.82) is 0 Å². The number of methoxy groups -OCH3 is 1. The monoisotopic (exact) mass is 387 g/mol. The summed E-state index contributed by atoms with van der Waals surface area (Å²) in [6.45, 7) is 6.73. The Morgan fingerprint density at radius 1 is 0.929 bits per heavy atom. The first-order valence-corrected chi connectivity index (χ1v) is 9.56. The van der Waals surface area contributed by atoms with Gasteiger partial charge < -0.3 is 24.3 Å². The van der Waals surface area contributed by atoms with Crippen LogP contribution in [0.3, 0.4) is 0 Å². The second-order valence-corrected chi connectivity index (χ2v) is 6.09. The van der Waals surface area contributed by atoms with Crippen molar-refractivity contribution in [3.63, 3.8) is 0 Å². The smallest absolute Gasteiger partial charge is 0.251 e. The lowest BCUT2D eigenvalue weighted by molar-refractivity contribution is 0.0950. The molecule has 0 heterocycles. The van der Waals surface area contributed by atoms with Crippen molar-refractivity contribution in [2.24, 2.45) is 0 Å². The lowest BCUT2D eigenvalue weighted by Crippen LogP contribution is -2.22. The van der Waals surface area contributed by atoms with Gasteiger partial charge in [-0.25, -0.2) is 0 Å². The molecule has 0 aliphatic carbocycles. The molecule has 2 aromatic carbocycles. The SMILES string of the molecule is CCCOc1ccc(CNC(=O)c2ccc(OCCOCC)cc2)cc1OC. The number of benzene rings is 2. The molecule has 0 aliphatic rings. The quantitative estimate of drug-likeness (QED) is 0.561. The van der Waals surface area contributed by atoms with Gasteiger partial charge in [-0.3, -0.25) is 4.79 Å². The molecular weight excluding hydrogens is 358 g/mol. The summed E-state index contributed by atoms with van der Waals surface area (Å²) in [6.07, 6.45) is 0.928. The molecule has 6 heteroatoms. The fourth-order valence-corrected chi connectivity index (χ4v) is 2.50. The van der Waals surface area contributed by atoms with E-state index in [9.17, 15) is 4.79 Å². The number of ether oxygens (including phenoxy) is 4. The highest BCUT2D eigenvalue weighted by molar-refractivity contribution is 5.94. The maximum absolute atomic E-state index is 12.4. The molecule has 0 unspecified atom stereocenters. The first kappa shape index (κ1) is 21.6. The van der Waals surface area contributed by atoms with E-state index in [1.165, 1.54) is 0 Å². The first-order valence-electron chi connectivity index (χ1n) is 9.56. The highest BCUT2D eigenvalue weighted by Crippen LogP contribution is 2.28. The highest BCUT2D eigenvalue weighted by Gasteiger charge is 2.09. The predicted molar refractivity (Wildman–Crippen MR) is 108 cm³/mol. The average molecular weight is 387 g/mol. The number of rotatable bonds is 12. The van der Waals surface area contributed by atoms with Gasteiger partial charge in [0.15, 0.2) is 11.5 Å². The van der Waals surface area contributed by atoms with Gasteiger partial charge in [-0.2, -0.15) is 0 Å². The molecule has 28 heavy (non-hydrogen) atoms. The van der Waals surface area contributed by atoms with Crippen molar-refractivity contribution in [2.45, 2.75) is 26.8 Å². The number of carbonyl (C=O) groups excluding carboxylic acids is 1. The molecule has 152 valence electrons. The summed E-state index contributed by atoms with van der Waals surface area (Å²) < 4.78 is 21.8. The number of amides is 1. The van der Waals surface area contributed by atoms with E-state index in [1.54, 1.807) is 31.4 Å². The topological polar surface area (TPSA) is 66.0 Å². The van der Waals surface area contributed by atoms with Gasteiger partial charge in [0.05, 0.1) is 20.3 Å². The third-order valence-corrected chi connectivity index (χ3v) is 3.96. The van der Waals surface area contributed by atoms with Gasteiger partial charge >= 0.3 is 0 Å². The standard InChI is InChI=1S/C22H29NO5/c1-4-12-28-20-11-6-17(15-21(20)25-3)16-23-22(24)18-7-9-19(10-8-18)27-14-13-26-5-2/h6-11,15H,4-5,12-14,16H2,1-3H3,(H,23,24). The largest absolute Gasteiger partial charge is 0.493 e. The third kappa shape index (κ3) is 6.78. The second kappa shape index (κ2) is 11.9. The summed E-state index contributed by atoms with van der Waals surface area (Å²) in [5.74, 6) is 1.93. The van der Waals surface area contributed by atoms with E-state index in [0.717, 1.165) is 12.0 Å². The number of carbonyl (C=O) groups is 1. The van der Waals surface area contributed by atoms with Gasteiger partial charge in [0, 0.05) is 18.7 Å². The average Bonchev–Trinajstić information content (AvgIpc) is 2.74. The van der Waals surface area contributed by atoms with Crippen LogP contribution in [0.5, 0.6) is 17.2 Å². The summed E-state index contributed by atoms with van der Waals surface area (Å²) in [6, 6.07) is 12.7. The van der Waals surface area contributed by atoms with E-state index in [-0.39, 0.29) is 5.91 Å². The first-order chi connectivity index (χ1) is 13.7. The highest BCUT2D eigenvalue weighted by atomic mass is 16.5. The van der Waals surface area contributed by atoms with Gasteiger partial charge in [-0.05, 0) is 55.3 Å². The Bertz CT molecular complexity index is 730. The van der Waals surface area contributed by atoms with Gasteiger partial charge in [-0.1, -0.05) is 13.0 Å². The Labute approximate surface area is 166 Å². The maximum Gasteiger partial charge on any atom is 0.251 e. The molecule has 0 saturated heterocycles. The van der Waals surface area contributed by atoms with Crippen LogP contribution in [0, 0.1) is 0 Å². The minimum absolute atomic E-state index is 0.147. The fourth-order valence-electron chi connectivity index (χ4n) is 2.50. The minimum Gasteiger partial charge on any atom is -0.493 e. The molecule has 2 rings (SSSR count). The number of hydrogen-bond donors (Lipinski definition) is 1. The predicted octanol–water partition coefficient (Wildman–Crippen LogP) is 3.83. The van der Waals surface area contributed by atoms with Gasteiger partial charge in [0.2, 0.25) is 0 Å². The second-order valence-electron chi connectivity index (χ2n) is 6.09. The van der Waals surface area contributed by atoms with Crippen molar-refractivity contribution in [3.05, 3.63) is 53.6 Å². The van der Waals surface area contributed by atoms with E-state index in [2.05, 4.69) is 12.2 Å². The maximum atomic E-state index is 12.4. The van der Waals surface area contributed by atoms with Crippen molar-refractivity contribution < 1.29 is 23.7 Å². The zero-order valence-electron chi connectivity index (χ0n) is 16.8. The Kier molecular flexibility index (Phi) is 9.15. The van der Waals surface area contributed by atoms with E-state index in [4.69, 9.17) is 18.9 Å². The molecule has 0 aliphatic heterocycles. The van der Waals surface area contributed by atoms with Crippen molar-refractivity contribution >= 4 is 5.91 Å². The van der Waals surface area contributed by atoms with Crippen LogP contribution in [0.15, 0.2) is 42.5 Å². The molecule has 0 saturated carbocycles. The molecule has 0 fully saturated rings. The van der Waals surface area contributed by atoms with E-state index >= 15 is 0 Å². The van der Waals surface area contributed by atoms with Crippen LogP contribution in [0.4, 0.5) is 0 Å². The zero-order valence-corrected chi connectivity index (χ0v) is 16.8. The van der Waals surface area contributed by atoms with Crippen LogP contribution >= 0.6 is 0 Å². The normalized spacial score (nSPS) is 10.4. The molecule has 0 aromatic heterocycles. The molecule has 0 spiro atoms. The van der Waals surface area contributed by atoms with Crippen molar-refractivity contribution in [2.75, 3.05) is 33.5 Å². The van der Waals surface area contributed by atoms with Crippen LogP contribution < -0.4 is 19.5 Å². The third-order valence-electron chi connectivity index (χ3n) is 3.96. The molecule has 0 bridgehead atoms. The Morgan fingerprint density at radius 2 is 1.71 bits per heavy atom. The van der Waals surface area contributed by atoms with E-state index in [0.29, 0.717) is 55.8 Å². The summed E-state index contributed by atoms with van der Waals surface area (Å²) >= 11 is 0. The van der Waals surface area contributed by atoms with Crippen LogP contribution in [-0.4, -0.2) is 39.4 Å². The van der Waals surface area contributed by atoms with Crippen LogP contribution in [0.25, 0.3) is 0 Å². The Balaban J connectivity index is 1.87.